The van der Waals surface area contributed by atoms with Crippen LogP contribution >= 0.6 is 0 Å². The van der Waals surface area contributed by atoms with Gasteiger partial charge >= 0.3 is 0 Å². The maximum atomic E-state index is 13.2. The normalized spacial score (nSPS) is 26.1. The summed E-state index contributed by atoms with van der Waals surface area (Å²) in [5, 5.41) is 4.65. The predicted molar refractivity (Wildman–Crippen MR) is 102 cm³/mol. The van der Waals surface area contributed by atoms with Gasteiger partial charge in [0.05, 0.1) is 36.9 Å². The van der Waals surface area contributed by atoms with Crippen molar-refractivity contribution in [2.24, 2.45) is 0 Å². The van der Waals surface area contributed by atoms with E-state index in [0.29, 0.717) is 39.0 Å². The van der Waals surface area contributed by atoms with Crippen LogP contribution in [-0.2, 0) is 20.7 Å². The van der Waals surface area contributed by atoms with Gasteiger partial charge in [0.2, 0.25) is 11.8 Å². The average molecular weight is 380 g/mol. The van der Waals surface area contributed by atoms with Gasteiger partial charge in [0, 0.05) is 30.8 Å². The first-order chi connectivity index (χ1) is 13.5. The molecule has 3 saturated heterocycles. The predicted octanol–water partition coefficient (Wildman–Crippen LogP) is 1.59. The van der Waals surface area contributed by atoms with Gasteiger partial charge in [-0.3, -0.25) is 9.59 Å². The van der Waals surface area contributed by atoms with E-state index in [9.17, 15) is 9.59 Å². The van der Waals surface area contributed by atoms with Crippen molar-refractivity contribution in [2.45, 2.75) is 44.9 Å². The van der Waals surface area contributed by atoms with E-state index in [1.807, 2.05) is 58.7 Å². The summed E-state index contributed by atoms with van der Waals surface area (Å²) in [6.07, 6.45) is 1.37. The fourth-order valence-electron chi connectivity index (χ4n) is 5.09. The highest BCUT2D eigenvalue weighted by atomic mass is 16.5. The van der Waals surface area contributed by atoms with Crippen molar-refractivity contribution < 1.29 is 14.3 Å². The van der Waals surface area contributed by atoms with Gasteiger partial charge < -0.3 is 14.5 Å². The molecular formula is C21H24N4O3. The van der Waals surface area contributed by atoms with Crippen LogP contribution < -0.4 is 0 Å². The monoisotopic (exact) mass is 380 g/mol. The Morgan fingerprint density at radius 1 is 1.25 bits per heavy atom. The summed E-state index contributed by atoms with van der Waals surface area (Å²) in [4.78, 5) is 29.3. The molecule has 2 aromatic rings. The number of hydrogen-bond donors (Lipinski definition) is 0. The Bertz CT molecular complexity index is 954. The Kier molecular flexibility index (Phi) is 3.84. The maximum Gasteiger partial charge on any atom is 0.227 e. The molecule has 0 unspecified atom stereocenters. The van der Waals surface area contributed by atoms with E-state index in [2.05, 4.69) is 5.10 Å². The lowest BCUT2D eigenvalue weighted by atomic mass is 10.1. The van der Waals surface area contributed by atoms with Gasteiger partial charge in [-0.05, 0) is 26.0 Å². The Labute approximate surface area is 163 Å². The van der Waals surface area contributed by atoms with Gasteiger partial charge in [0.25, 0.3) is 0 Å². The first kappa shape index (κ1) is 17.4. The SMILES string of the molecule is Cc1nn(-c2ccccc2)c(C)c1CC(=O)N1CC[C@@]23OCCN2C(=O)C[C@@H]13. The van der Waals surface area contributed by atoms with Crippen LogP contribution in [0.15, 0.2) is 30.3 Å². The molecule has 3 fully saturated rings. The van der Waals surface area contributed by atoms with Crippen LogP contribution in [-0.4, -0.2) is 62.9 Å². The number of likely N-dealkylation sites (tertiary alicyclic amines) is 1. The first-order valence-corrected chi connectivity index (χ1v) is 9.86. The third kappa shape index (κ3) is 2.35. The molecule has 0 aliphatic carbocycles. The molecule has 7 nitrogen and oxygen atoms in total. The molecule has 5 rings (SSSR count). The Balaban J connectivity index is 1.40. The Hall–Kier alpha value is -2.67. The molecule has 4 heterocycles. The maximum absolute atomic E-state index is 13.2. The second-order valence-corrected chi connectivity index (χ2v) is 7.87. The summed E-state index contributed by atoms with van der Waals surface area (Å²) in [5.74, 6) is 0.148. The lowest BCUT2D eigenvalue weighted by Crippen LogP contribution is -2.49. The zero-order chi connectivity index (χ0) is 19.5. The van der Waals surface area contributed by atoms with E-state index in [1.54, 1.807) is 0 Å². The van der Waals surface area contributed by atoms with Crippen LogP contribution in [0.2, 0.25) is 0 Å². The summed E-state index contributed by atoms with van der Waals surface area (Å²) < 4.78 is 7.89. The molecule has 3 aliphatic rings. The van der Waals surface area contributed by atoms with Crippen LogP contribution in [0, 0.1) is 13.8 Å². The molecule has 1 spiro atoms. The summed E-state index contributed by atoms with van der Waals surface area (Å²) in [6.45, 7) is 5.79. The standard InChI is InChI=1S/C21H24N4O3/c1-14-17(15(2)25(22-14)16-6-4-3-5-7-16)12-19(26)23-9-8-21-18(23)13-20(27)24(21)10-11-28-21/h3-7,18H,8-13H2,1-2H3/t18-,21+/m1/s1. The lowest BCUT2D eigenvalue weighted by molar-refractivity contribution is -0.139. The minimum atomic E-state index is -0.578. The fraction of sp³-hybridized carbons (Fsp3) is 0.476. The summed E-state index contributed by atoms with van der Waals surface area (Å²) in [6, 6.07) is 9.77. The zero-order valence-electron chi connectivity index (χ0n) is 16.2. The number of aromatic nitrogens is 2. The molecule has 28 heavy (non-hydrogen) atoms. The molecule has 3 aliphatic heterocycles. The van der Waals surface area contributed by atoms with Crippen molar-refractivity contribution in [2.75, 3.05) is 19.7 Å². The number of hydrogen-bond acceptors (Lipinski definition) is 4. The number of rotatable bonds is 3. The smallest absolute Gasteiger partial charge is 0.227 e. The van der Waals surface area contributed by atoms with Crippen LogP contribution in [0.4, 0.5) is 0 Å². The average Bonchev–Trinajstić information content (AvgIpc) is 3.40. The van der Waals surface area contributed by atoms with Crippen molar-refractivity contribution in [3.8, 4) is 5.69 Å². The third-order valence-corrected chi connectivity index (χ3v) is 6.49. The number of ether oxygens (including phenoxy) is 1. The Morgan fingerprint density at radius 3 is 2.82 bits per heavy atom. The summed E-state index contributed by atoms with van der Waals surface area (Å²) in [7, 11) is 0. The van der Waals surface area contributed by atoms with Crippen molar-refractivity contribution >= 4 is 11.8 Å². The summed E-state index contributed by atoms with van der Waals surface area (Å²) in [5.41, 5.74) is 3.21. The van der Waals surface area contributed by atoms with Crippen molar-refractivity contribution in [3.63, 3.8) is 0 Å². The van der Waals surface area contributed by atoms with Crippen LogP contribution in [0.3, 0.4) is 0 Å². The highest BCUT2D eigenvalue weighted by Gasteiger charge is 2.62. The van der Waals surface area contributed by atoms with Crippen molar-refractivity contribution in [1.82, 2.24) is 19.6 Å². The second-order valence-electron chi connectivity index (χ2n) is 7.87. The number of aryl methyl sites for hydroxylation is 1. The van der Waals surface area contributed by atoms with E-state index in [4.69, 9.17) is 4.74 Å². The zero-order valence-corrected chi connectivity index (χ0v) is 16.2. The largest absolute Gasteiger partial charge is 0.351 e. The first-order valence-electron chi connectivity index (χ1n) is 9.86. The molecule has 0 N–H and O–H groups in total. The van der Waals surface area contributed by atoms with Crippen LogP contribution in [0.5, 0.6) is 0 Å². The molecule has 0 bridgehead atoms. The van der Waals surface area contributed by atoms with Gasteiger partial charge in [0.1, 0.15) is 0 Å². The topological polar surface area (TPSA) is 67.7 Å². The fourth-order valence-corrected chi connectivity index (χ4v) is 5.09. The molecule has 0 saturated carbocycles. The third-order valence-electron chi connectivity index (χ3n) is 6.49. The van der Waals surface area contributed by atoms with Gasteiger partial charge in [-0.1, -0.05) is 18.2 Å². The molecule has 2 amide bonds. The minimum absolute atomic E-state index is 0.0471. The van der Waals surface area contributed by atoms with E-state index in [-0.39, 0.29) is 17.9 Å². The van der Waals surface area contributed by atoms with E-state index < -0.39 is 5.72 Å². The lowest BCUT2D eigenvalue weighted by Gasteiger charge is -2.31. The molecule has 1 aromatic carbocycles. The molecule has 0 radical (unpaired) electrons. The quantitative estimate of drug-likeness (QED) is 0.811. The number of carbonyl (C=O) groups excluding carboxylic acids is 2. The Morgan fingerprint density at radius 2 is 2.04 bits per heavy atom. The highest BCUT2D eigenvalue weighted by Crippen LogP contribution is 2.45. The minimum Gasteiger partial charge on any atom is -0.351 e. The number of amides is 2. The highest BCUT2D eigenvalue weighted by molar-refractivity contribution is 5.85. The van der Waals surface area contributed by atoms with E-state index >= 15 is 0 Å². The van der Waals surface area contributed by atoms with E-state index in [1.165, 1.54) is 0 Å². The molecule has 2 atom stereocenters. The second kappa shape index (κ2) is 6.17. The van der Waals surface area contributed by atoms with Gasteiger partial charge in [-0.15, -0.1) is 0 Å². The van der Waals surface area contributed by atoms with Crippen LogP contribution in [0.1, 0.15) is 29.8 Å². The molecule has 146 valence electrons. The number of benzene rings is 1. The number of nitrogens with zero attached hydrogens (tertiary/aromatic N) is 4. The molecular weight excluding hydrogens is 356 g/mol. The van der Waals surface area contributed by atoms with Gasteiger partial charge in [-0.25, -0.2) is 4.68 Å². The molecule has 7 heteroatoms. The number of carbonyl (C=O) groups is 2. The van der Waals surface area contributed by atoms with Crippen LogP contribution in [0.25, 0.3) is 5.69 Å². The van der Waals surface area contributed by atoms with Crippen molar-refractivity contribution in [1.29, 1.82) is 0 Å². The van der Waals surface area contributed by atoms with Crippen molar-refractivity contribution in [3.05, 3.63) is 47.3 Å². The molecule has 1 aromatic heterocycles. The van der Waals surface area contributed by atoms with Gasteiger partial charge in [-0.2, -0.15) is 5.10 Å². The van der Waals surface area contributed by atoms with E-state index in [0.717, 1.165) is 22.6 Å². The number of para-hydroxylation sites is 1. The van der Waals surface area contributed by atoms with Gasteiger partial charge in [0.15, 0.2) is 5.72 Å². The summed E-state index contributed by atoms with van der Waals surface area (Å²) >= 11 is 0.